The van der Waals surface area contributed by atoms with Gasteiger partial charge in [-0.25, -0.2) is 0 Å². The van der Waals surface area contributed by atoms with Crippen LogP contribution < -0.4 is 11.1 Å². The fourth-order valence-corrected chi connectivity index (χ4v) is 2.38. The van der Waals surface area contributed by atoms with E-state index >= 15 is 0 Å². The summed E-state index contributed by atoms with van der Waals surface area (Å²) in [5.41, 5.74) is 5.63. The molecule has 0 aromatic carbocycles. The maximum atomic E-state index is 11.6. The maximum absolute atomic E-state index is 11.6. The molecule has 1 aliphatic heterocycles. The minimum atomic E-state index is 0. The number of hydrogen-bond donors (Lipinski definition) is 2. The van der Waals surface area contributed by atoms with E-state index in [2.05, 4.69) is 17.1 Å². The molecular weight excluding hydrogens is 297 g/mol. The van der Waals surface area contributed by atoms with Gasteiger partial charge in [-0.15, -0.1) is 24.8 Å². The molecule has 0 aromatic rings. The second-order valence-electron chi connectivity index (χ2n) is 5.79. The van der Waals surface area contributed by atoms with Gasteiger partial charge in [0.1, 0.15) is 0 Å². The van der Waals surface area contributed by atoms with Crippen LogP contribution in [-0.2, 0) is 4.79 Å². The van der Waals surface area contributed by atoms with Gasteiger partial charge in [-0.3, -0.25) is 4.79 Å². The molecule has 20 heavy (non-hydrogen) atoms. The SMILES string of the molecule is CC(N)CCC(=O)NCC(C)CN1CCCCC1.Cl.Cl. The molecule has 1 saturated heterocycles. The lowest BCUT2D eigenvalue weighted by Crippen LogP contribution is -2.38. The summed E-state index contributed by atoms with van der Waals surface area (Å²) in [7, 11) is 0. The fraction of sp³-hybridized carbons (Fsp3) is 0.929. The monoisotopic (exact) mass is 327 g/mol. The van der Waals surface area contributed by atoms with Crippen molar-refractivity contribution >= 4 is 30.7 Å². The Bertz CT molecular complexity index is 247. The topological polar surface area (TPSA) is 58.4 Å². The minimum absolute atomic E-state index is 0. The highest BCUT2D eigenvalue weighted by atomic mass is 35.5. The molecule has 2 unspecified atom stereocenters. The predicted molar refractivity (Wildman–Crippen MR) is 89.8 cm³/mol. The number of likely N-dealkylation sites (tertiary alicyclic amines) is 1. The van der Waals surface area contributed by atoms with Crippen molar-refractivity contribution in [2.24, 2.45) is 11.7 Å². The van der Waals surface area contributed by atoms with Crippen molar-refractivity contribution in [1.29, 1.82) is 0 Å². The van der Waals surface area contributed by atoms with Crippen LogP contribution in [0, 0.1) is 5.92 Å². The van der Waals surface area contributed by atoms with E-state index in [1.54, 1.807) is 0 Å². The molecule has 0 radical (unpaired) electrons. The Morgan fingerprint density at radius 3 is 2.35 bits per heavy atom. The molecule has 1 amide bonds. The fourth-order valence-electron chi connectivity index (χ4n) is 2.38. The molecule has 1 heterocycles. The summed E-state index contributed by atoms with van der Waals surface area (Å²) in [5.74, 6) is 0.667. The number of halogens is 2. The molecule has 1 fully saturated rings. The first-order valence-electron chi connectivity index (χ1n) is 7.32. The normalized spacial score (nSPS) is 18.4. The van der Waals surface area contributed by atoms with Crippen LogP contribution in [0.25, 0.3) is 0 Å². The molecule has 122 valence electrons. The number of piperidine rings is 1. The van der Waals surface area contributed by atoms with Crippen LogP contribution in [0.2, 0.25) is 0 Å². The highest BCUT2D eigenvalue weighted by Gasteiger charge is 2.14. The van der Waals surface area contributed by atoms with E-state index in [0.29, 0.717) is 12.3 Å². The molecule has 1 aliphatic rings. The van der Waals surface area contributed by atoms with Gasteiger partial charge in [0.15, 0.2) is 0 Å². The van der Waals surface area contributed by atoms with Gasteiger partial charge in [-0.1, -0.05) is 13.3 Å². The molecule has 0 bridgehead atoms. The van der Waals surface area contributed by atoms with Gasteiger partial charge in [0.25, 0.3) is 0 Å². The van der Waals surface area contributed by atoms with E-state index in [4.69, 9.17) is 5.73 Å². The van der Waals surface area contributed by atoms with Crippen LogP contribution in [0.3, 0.4) is 0 Å². The molecule has 0 spiro atoms. The molecule has 0 saturated carbocycles. The first-order valence-corrected chi connectivity index (χ1v) is 7.32. The van der Waals surface area contributed by atoms with Crippen molar-refractivity contribution in [1.82, 2.24) is 10.2 Å². The molecule has 3 N–H and O–H groups in total. The van der Waals surface area contributed by atoms with Crippen molar-refractivity contribution in [2.45, 2.75) is 52.0 Å². The largest absolute Gasteiger partial charge is 0.356 e. The third-order valence-corrected chi connectivity index (χ3v) is 3.49. The Hall–Kier alpha value is -0.0300. The number of rotatable bonds is 7. The van der Waals surface area contributed by atoms with Crippen molar-refractivity contribution in [2.75, 3.05) is 26.2 Å². The summed E-state index contributed by atoms with van der Waals surface area (Å²) >= 11 is 0. The van der Waals surface area contributed by atoms with Crippen molar-refractivity contribution in [3.8, 4) is 0 Å². The highest BCUT2D eigenvalue weighted by molar-refractivity contribution is 5.85. The zero-order valence-corrected chi connectivity index (χ0v) is 14.4. The first-order chi connectivity index (χ1) is 8.58. The van der Waals surface area contributed by atoms with Crippen LogP contribution in [0.4, 0.5) is 0 Å². The molecular formula is C14H31Cl2N3O. The standard InChI is InChI=1S/C14H29N3O.2ClH/c1-12(11-17-8-4-3-5-9-17)10-16-14(18)7-6-13(2)15;;/h12-13H,3-11,15H2,1-2H3,(H,16,18);2*1H. The zero-order chi connectivity index (χ0) is 13.4. The van der Waals surface area contributed by atoms with Crippen molar-refractivity contribution < 1.29 is 4.79 Å². The van der Waals surface area contributed by atoms with Crippen molar-refractivity contribution in [3.63, 3.8) is 0 Å². The maximum Gasteiger partial charge on any atom is 0.220 e. The number of nitrogens with two attached hydrogens (primary N) is 1. The van der Waals surface area contributed by atoms with E-state index in [9.17, 15) is 4.79 Å². The Balaban J connectivity index is 0. The van der Waals surface area contributed by atoms with Crippen LogP contribution in [0.15, 0.2) is 0 Å². The number of amides is 1. The summed E-state index contributed by atoms with van der Waals surface area (Å²) in [6, 6.07) is 0.113. The number of carbonyl (C=O) groups is 1. The second-order valence-corrected chi connectivity index (χ2v) is 5.79. The van der Waals surface area contributed by atoms with Crippen LogP contribution in [-0.4, -0.2) is 43.0 Å². The first kappa shape index (κ1) is 22.3. The quantitative estimate of drug-likeness (QED) is 0.753. The number of hydrogen-bond acceptors (Lipinski definition) is 3. The van der Waals surface area contributed by atoms with Crippen molar-refractivity contribution in [3.05, 3.63) is 0 Å². The Morgan fingerprint density at radius 1 is 1.20 bits per heavy atom. The second kappa shape index (κ2) is 12.7. The minimum Gasteiger partial charge on any atom is -0.356 e. The lowest BCUT2D eigenvalue weighted by atomic mass is 10.1. The van der Waals surface area contributed by atoms with Gasteiger partial charge in [0, 0.05) is 25.6 Å². The van der Waals surface area contributed by atoms with Crippen LogP contribution in [0.5, 0.6) is 0 Å². The van der Waals surface area contributed by atoms with Gasteiger partial charge in [-0.2, -0.15) is 0 Å². The van der Waals surface area contributed by atoms with Gasteiger partial charge in [-0.05, 0) is 45.2 Å². The van der Waals surface area contributed by atoms with Gasteiger partial charge >= 0.3 is 0 Å². The molecule has 6 heteroatoms. The Kier molecular flexibility index (Phi) is 14.1. The summed E-state index contributed by atoms with van der Waals surface area (Å²) in [5, 5.41) is 3.01. The van der Waals surface area contributed by atoms with E-state index < -0.39 is 0 Å². The Morgan fingerprint density at radius 2 is 1.80 bits per heavy atom. The van der Waals surface area contributed by atoms with E-state index in [0.717, 1.165) is 19.5 Å². The van der Waals surface area contributed by atoms with E-state index in [-0.39, 0.29) is 36.8 Å². The average molecular weight is 328 g/mol. The molecule has 4 nitrogen and oxygen atoms in total. The smallest absolute Gasteiger partial charge is 0.220 e. The summed E-state index contributed by atoms with van der Waals surface area (Å²) in [4.78, 5) is 14.1. The number of nitrogens with zero attached hydrogens (tertiary/aromatic N) is 1. The molecule has 0 aliphatic carbocycles. The van der Waals surface area contributed by atoms with E-state index in [1.165, 1.54) is 32.4 Å². The number of carbonyl (C=O) groups excluding carboxylic acids is 1. The highest BCUT2D eigenvalue weighted by Crippen LogP contribution is 2.10. The van der Waals surface area contributed by atoms with E-state index in [1.807, 2.05) is 6.92 Å². The van der Waals surface area contributed by atoms with Crippen LogP contribution >= 0.6 is 24.8 Å². The molecule has 1 rings (SSSR count). The third kappa shape index (κ3) is 10.7. The summed E-state index contributed by atoms with van der Waals surface area (Å²) in [6.45, 7) is 8.49. The molecule has 2 atom stereocenters. The van der Waals surface area contributed by atoms with Crippen LogP contribution in [0.1, 0.15) is 46.0 Å². The average Bonchev–Trinajstić information content (AvgIpc) is 2.35. The van der Waals surface area contributed by atoms with Gasteiger partial charge in [0.2, 0.25) is 5.91 Å². The summed E-state index contributed by atoms with van der Waals surface area (Å²) in [6.07, 6.45) is 5.35. The zero-order valence-electron chi connectivity index (χ0n) is 12.8. The lowest BCUT2D eigenvalue weighted by molar-refractivity contribution is -0.121. The van der Waals surface area contributed by atoms with Gasteiger partial charge < -0.3 is 16.0 Å². The third-order valence-electron chi connectivity index (χ3n) is 3.49. The lowest BCUT2D eigenvalue weighted by Gasteiger charge is -2.29. The summed E-state index contributed by atoms with van der Waals surface area (Å²) < 4.78 is 0. The Labute approximate surface area is 136 Å². The predicted octanol–water partition coefficient (Wildman–Crippen LogP) is 2.20. The molecule has 0 aromatic heterocycles. The van der Waals surface area contributed by atoms with Gasteiger partial charge in [0.05, 0.1) is 0 Å². The number of nitrogens with one attached hydrogen (secondary N) is 1.